The number of aromatic nitrogens is 2. The first kappa shape index (κ1) is 21.1. The molecular weight excluding hydrogens is 361 g/mol. The van der Waals surface area contributed by atoms with E-state index in [0.29, 0.717) is 11.5 Å². The molecule has 1 amide bonds. The lowest BCUT2D eigenvalue weighted by Gasteiger charge is -2.26. The van der Waals surface area contributed by atoms with E-state index in [1.165, 1.54) is 18.1 Å². The van der Waals surface area contributed by atoms with E-state index >= 15 is 0 Å². The second kappa shape index (κ2) is 7.84. The number of ether oxygens (including phenoxy) is 1. The van der Waals surface area contributed by atoms with Crippen molar-refractivity contribution in [2.24, 2.45) is 11.3 Å². The van der Waals surface area contributed by atoms with Crippen LogP contribution in [0.25, 0.3) is 0 Å². The van der Waals surface area contributed by atoms with Gasteiger partial charge in [-0.25, -0.2) is 9.97 Å². The van der Waals surface area contributed by atoms with Gasteiger partial charge in [-0.3, -0.25) is 4.79 Å². The number of likely N-dealkylation sites (tertiary alicyclic amines) is 1. The van der Waals surface area contributed by atoms with Gasteiger partial charge in [-0.15, -0.1) is 6.58 Å². The second-order valence-electron chi connectivity index (χ2n) is 7.28. The van der Waals surface area contributed by atoms with Gasteiger partial charge in [-0.05, 0) is 20.8 Å². The third-order valence-corrected chi connectivity index (χ3v) is 4.60. The summed E-state index contributed by atoms with van der Waals surface area (Å²) >= 11 is 0. The highest BCUT2D eigenvalue weighted by atomic mass is 19.4. The van der Waals surface area contributed by atoms with Gasteiger partial charge in [0.05, 0.1) is 17.4 Å². The zero-order chi connectivity index (χ0) is 20.4. The summed E-state index contributed by atoms with van der Waals surface area (Å²) in [5.74, 6) is -1.41. The Labute approximate surface area is 156 Å². The van der Waals surface area contributed by atoms with Gasteiger partial charge in [-0.1, -0.05) is 6.08 Å². The predicted octanol–water partition coefficient (Wildman–Crippen LogP) is 2.94. The Kier molecular flexibility index (Phi) is 6.14. The summed E-state index contributed by atoms with van der Waals surface area (Å²) < 4.78 is 45.7. The molecular formula is C18H25F3N4O2. The van der Waals surface area contributed by atoms with Crippen LogP contribution in [0.5, 0.6) is 0 Å². The number of aryl methyl sites for hydroxylation is 1. The molecule has 0 unspecified atom stereocenters. The fourth-order valence-electron chi connectivity index (χ4n) is 3.03. The summed E-state index contributed by atoms with van der Waals surface area (Å²) in [7, 11) is 1.49. The number of rotatable bonds is 6. The molecule has 1 aromatic rings. The molecule has 1 aromatic heterocycles. The Balaban J connectivity index is 2.26. The number of amides is 1. The average molecular weight is 386 g/mol. The van der Waals surface area contributed by atoms with Crippen molar-refractivity contribution in [3.05, 3.63) is 30.2 Å². The quantitative estimate of drug-likeness (QED) is 0.762. The van der Waals surface area contributed by atoms with Gasteiger partial charge >= 0.3 is 6.18 Å². The minimum Gasteiger partial charge on any atom is -0.377 e. The lowest BCUT2D eigenvalue weighted by Crippen LogP contribution is -2.39. The normalized spacial score (nSPS) is 20.6. The van der Waals surface area contributed by atoms with E-state index in [0.717, 1.165) is 0 Å². The lowest BCUT2D eigenvalue weighted by atomic mass is 9.92. The van der Waals surface area contributed by atoms with Crippen LogP contribution in [0.1, 0.15) is 25.4 Å². The maximum absolute atomic E-state index is 13.6. The van der Waals surface area contributed by atoms with Crippen molar-refractivity contribution in [1.82, 2.24) is 14.9 Å². The van der Waals surface area contributed by atoms with Crippen LogP contribution in [0.15, 0.2) is 18.7 Å². The number of methoxy groups -OCH3 is 1. The fraction of sp³-hybridized carbons (Fsp3) is 0.611. The van der Waals surface area contributed by atoms with E-state index in [2.05, 4.69) is 21.9 Å². The fourth-order valence-corrected chi connectivity index (χ4v) is 3.03. The maximum atomic E-state index is 13.6. The number of nitrogens with one attached hydrogen (secondary N) is 1. The molecule has 1 N–H and O–H groups in total. The second-order valence-corrected chi connectivity index (χ2v) is 7.28. The molecule has 9 heteroatoms. The largest absolute Gasteiger partial charge is 0.395 e. The monoisotopic (exact) mass is 386 g/mol. The Morgan fingerprint density at radius 3 is 2.63 bits per heavy atom. The van der Waals surface area contributed by atoms with E-state index in [9.17, 15) is 18.0 Å². The van der Waals surface area contributed by atoms with Gasteiger partial charge in [0.1, 0.15) is 12.4 Å². The van der Waals surface area contributed by atoms with E-state index in [1.54, 1.807) is 26.8 Å². The van der Waals surface area contributed by atoms with E-state index < -0.39 is 30.1 Å². The zero-order valence-electron chi connectivity index (χ0n) is 15.9. The van der Waals surface area contributed by atoms with Crippen LogP contribution in [0.3, 0.4) is 0 Å². The van der Waals surface area contributed by atoms with Gasteiger partial charge in [0.15, 0.2) is 5.82 Å². The molecule has 0 radical (unpaired) electrons. The summed E-state index contributed by atoms with van der Waals surface area (Å²) in [6, 6.07) is 0.573. The highest BCUT2D eigenvalue weighted by Crippen LogP contribution is 2.37. The summed E-state index contributed by atoms with van der Waals surface area (Å²) in [5.41, 5.74) is -0.316. The molecule has 1 saturated heterocycles. The molecule has 150 valence electrons. The number of halogens is 3. The van der Waals surface area contributed by atoms with E-state index in [4.69, 9.17) is 4.74 Å². The molecule has 1 aliphatic rings. The topological polar surface area (TPSA) is 67.4 Å². The number of carbonyl (C=O) groups is 1. The van der Waals surface area contributed by atoms with Crippen LogP contribution in [0.2, 0.25) is 0 Å². The number of anilines is 1. The number of nitrogens with zero attached hydrogens (tertiary/aromatic N) is 3. The van der Waals surface area contributed by atoms with E-state index in [-0.39, 0.29) is 24.9 Å². The standard InChI is InChI=1S/C18H25F3N4O2/c1-6-17(3,4)16(26)25-8-12(18(19,20)21)13(9-25)23-14-7-11(2)22-15(24-14)10-27-5/h6-7,12-13H,1,8-10H2,2-5H3,(H,22,23,24)/t12-,13-/m1/s1. The Hall–Kier alpha value is -2.16. The lowest BCUT2D eigenvalue weighted by molar-refractivity contribution is -0.173. The van der Waals surface area contributed by atoms with Crippen molar-refractivity contribution in [2.75, 3.05) is 25.5 Å². The first-order valence-electron chi connectivity index (χ1n) is 8.57. The van der Waals surface area contributed by atoms with Gasteiger partial charge in [0.25, 0.3) is 0 Å². The molecule has 0 saturated carbocycles. The summed E-state index contributed by atoms with van der Waals surface area (Å²) in [4.78, 5) is 22.2. The molecule has 6 nitrogen and oxygen atoms in total. The Bertz CT molecular complexity index is 706. The number of alkyl halides is 3. The SMILES string of the molecule is C=CC(C)(C)C(=O)N1C[C@@H](C(F)(F)F)[C@H](Nc2cc(C)nc(COC)n2)C1. The van der Waals surface area contributed by atoms with Crippen molar-refractivity contribution in [3.63, 3.8) is 0 Å². The molecule has 0 aliphatic carbocycles. The minimum absolute atomic E-state index is 0.0665. The van der Waals surface area contributed by atoms with Gasteiger partial charge < -0.3 is 15.0 Å². The average Bonchev–Trinajstić information content (AvgIpc) is 2.97. The molecule has 1 aliphatic heterocycles. The highest BCUT2D eigenvalue weighted by Gasteiger charge is 2.52. The predicted molar refractivity (Wildman–Crippen MR) is 95.0 cm³/mol. The zero-order valence-corrected chi connectivity index (χ0v) is 15.9. The van der Waals surface area contributed by atoms with Crippen molar-refractivity contribution < 1.29 is 22.7 Å². The third kappa shape index (κ3) is 4.97. The summed E-state index contributed by atoms with van der Waals surface area (Å²) in [6.45, 7) is 8.29. The molecule has 1 fully saturated rings. The number of hydrogen-bond acceptors (Lipinski definition) is 5. The molecule has 2 rings (SSSR count). The van der Waals surface area contributed by atoms with Crippen molar-refractivity contribution >= 4 is 11.7 Å². The third-order valence-electron chi connectivity index (χ3n) is 4.60. The molecule has 0 bridgehead atoms. The molecule has 0 spiro atoms. The van der Waals surface area contributed by atoms with Crippen LogP contribution in [0.4, 0.5) is 19.0 Å². The van der Waals surface area contributed by atoms with Crippen LogP contribution >= 0.6 is 0 Å². The smallest absolute Gasteiger partial charge is 0.377 e. The highest BCUT2D eigenvalue weighted by molar-refractivity contribution is 5.84. The minimum atomic E-state index is -4.44. The number of hydrogen-bond donors (Lipinski definition) is 1. The van der Waals surface area contributed by atoms with Crippen LogP contribution < -0.4 is 5.32 Å². The van der Waals surface area contributed by atoms with Crippen molar-refractivity contribution in [1.29, 1.82) is 0 Å². The van der Waals surface area contributed by atoms with E-state index in [1.807, 2.05) is 0 Å². The van der Waals surface area contributed by atoms with Gasteiger partial charge in [-0.2, -0.15) is 13.2 Å². The maximum Gasteiger partial charge on any atom is 0.395 e. The van der Waals surface area contributed by atoms with Crippen LogP contribution in [-0.2, 0) is 16.1 Å². The molecule has 0 aromatic carbocycles. The first-order chi connectivity index (χ1) is 12.5. The molecule has 2 heterocycles. The van der Waals surface area contributed by atoms with Crippen LogP contribution in [-0.4, -0.2) is 53.2 Å². The summed E-state index contributed by atoms with van der Waals surface area (Å²) in [6.07, 6.45) is -2.99. The Morgan fingerprint density at radius 2 is 2.07 bits per heavy atom. The Morgan fingerprint density at radius 1 is 1.41 bits per heavy atom. The van der Waals surface area contributed by atoms with Gasteiger partial charge in [0, 0.05) is 32.0 Å². The van der Waals surface area contributed by atoms with Crippen molar-refractivity contribution in [2.45, 2.75) is 39.6 Å². The first-order valence-corrected chi connectivity index (χ1v) is 8.57. The molecule has 27 heavy (non-hydrogen) atoms. The summed E-state index contributed by atoms with van der Waals surface area (Å²) in [5, 5.41) is 2.85. The van der Waals surface area contributed by atoms with Crippen molar-refractivity contribution in [3.8, 4) is 0 Å². The van der Waals surface area contributed by atoms with Gasteiger partial charge in [0.2, 0.25) is 5.91 Å². The van der Waals surface area contributed by atoms with Crippen LogP contribution in [0, 0.1) is 18.3 Å². The molecule has 2 atom stereocenters. The number of carbonyl (C=O) groups excluding carboxylic acids is 1.